The molecule has 0 heterocycles. The van der Waals surface area contributed by atoms with E-state index < -0.39 is 18.1 Å². The first-order valence-electron chi connectivity index (χ1n) is 2.79. The largest absolute Gasteiger partial charge is 0.668 e. The van der Waals surface area contributed by atoms with E-state index in [4.69, 9.17) is 38.4 Å². The topological polar surface area (TPSA) is 162 Å². The Hall–Kier alpha value is 0.114. The second-order valence-corrected chi connectivity index (χ2v) is 3.60. The molecule has 0 aromatic rings. The van der Waals surface area contributed by atoms with Crippen molar-refractivity contribution in [2.24, 2.45) is 0 Å². The molecular weight excluding hydrogens is 208 g/mol. The smallest absolute Gasteiger partial charge is 0.368 e. The van der Waals surface area contributed by atoms with Crippen molar-refractivity contribution in [2.75, 3.05) is 0 Å². The second-order valence-electron chi connectivity index (χ2n) is 1.20. The summed E-state index contributed by atoms with van der Waals surface area (Å²) in [5, 5.41) is 0. The van der Waals surface area contributed by atoms with Crippen LogP contribution in [0.4, 0.5) is 0 Å². The van der Waals surface area contributed by atoms with Crippen molar-refractivity contribution in [3.05, 3.63) is 0 Å². The van der Waals surface area contributed by atoms with E-state index in [1.54, 1.807) is 0 Å². The molecule has 0 bridgehead atoms. The van der Waals surface area contributed by atoms with E-state index in [0.717, 1.165) is 0 Å². The van der Waals surface area contributed by atoms with Gasteiger partial charge in [0.25, 0.3) is 0 Å². The lowest BCUT2D eigenvalue weighted by molar-refractivity contribution is 0.115. The van der Waals surface area contributed by atoms with Gasteiger partial charge < -0.3 is 38.4 Å². The van der Waals surface area contributed by atoms with Crippen LogP contribution in [0.2, 0.25) is 0 Å². The van der Waals surface area contributed by atoms with Crippen LogP contribution in [-0.4, -0.2) is 56.5 Å². The van der Waals surface area contributed by atoms with Gasteiger partial charge in [-0.2, -0.15) is 0 Å². The van der Waals surface area contributed by atoms with Gasteiger partial charge in [-0.1, -0.05) is 13.8 Å². The zero-order valence-electron chi connectivity index (χ0n) is 6.58. The first-order valence-corrected chi connectivity index (χ1v) is 6.37. The summed E-state index contributed by atoms with van der Waals surface area (Å²) in [5.41, 5.74) is 0. The summed E-state index contributed by atoms with van der Waals surface area (Å²) in [7, 11) is -9.22. The van der Waals surface area contributed by atoms with Crippen molar-refractivity contribution in [1.82, 2.24) is 0 Å². The van der Waals surface area contributed by atoms with Gasteiger partial charge in [-0.25, -0.2) is 0 Å². The molecule has 0 spiro atoms. The summed E-state index contributed by atoms with van der Waals surface area (Å²) < 4.78 is 0. The maximum atomic E-state index is 7.33. The zero-order valence-corrected chi connectivity index (χ0v) is 8.58. The molecule has 0 radical (unpaired) electrons. The highest BCUT2D eigenvalue weighted by Gasteiger charge is 2.22. The van der Waals surface area contributed by atoms with Crippen LogP contribution >= 0.6 is 0 Å². The van der Waals surface area contributed by atoms with Crippen molar-refractivity contribution in [3.8, 4) is 0 Å². The van der Waals surface area contributed by atoms with E-state index >= 15 is 0 Å². The van der Waals surface area contributed by atoms with Crippen LogP contribution in [0, 0.1) is 0 Å². The quantitative estimate of drug-likeness (QED) is 0.191. The monoisotopic (exact) mass is 222 g/mol. The van der Waals surface area contributed by atoms with Gasteiger partial charge in [-0.05, 0) is 0 Å². The third kappa shape index (κ3) is 64900. The lowest BCUT2D eigenvalue weighted by Crippen LogP contribution is -2.33. The SMILES string of the molecule is CC.O[Si](O)(O)O.O[Si](O)(O)O. The van der Waals surface area contributed by atoms with Gasteiger partial charge in [-0.3, -0.25) is 0 Å². The Morgan fingerprint density at radius 1 is 0.500 bits per heavy atom. The van der Waals surface area contributed by atoms with Crippen molar-refractivity contribution in [2.45, 2.75) is 13.8 Å². The third-order valence-electron chi connectivity index (χ3n) is 0. The average Bonchev–Trinajstić information content (AvgIpc) is 1.59. The van der Waals surface area contributed by atoms with Gasteiger partial charge in [0.05, 0.1) is 0 Å². The Balaban J connectivity index is -0.000000112. The van der Waals surface area contributed by atoms with Gasteiger partial charge in [0.1, 0.15) is 0 Å². The van der Waals surface area contributed by atoms with Crippen molar-refractivity contribution in [3.63, 3.8) is 0 Å². The highest BCUT2D eigenvalue weighted by Crippen LogP contribution is 1.67. The maximum absolute atomic E-state index is 7.33. The third-order valence-corrected chi connectivity index (χ3v) is 0. The molecule has 0 aliphatic carbocycles. The molecule has 0 rings (SSSR count). The normalized spacial score (nSPS) is 10.5. The lowest BCUT2D eigenvalue weighted by Gasteiger charge is -1.91. The van der Waals surface area contributed by atoms with Gasteiger partial charge in [0, 0.05) is 0 Å². The average molecular weight is 222 g/mol. The fraction of sp³-hybridized carbons (Fsp3) is 1.00. The molecule has 0 aromatic heterocycles. The van der Waals surface area contributed by atoms with E-state index in [1.165, 1.54) is 0 Å². The Labute approximate surface area is 71.2 Å². The van der Waals surface area contributed by atoms with E-state index in [9.17, 15) is 0 Å². The first kappa shape index (κ1) is 18.0. The first-order chi connectivity index (χ1) is 5.00. The van der Waals surface area contributed by atoms with Crippen LogP contribution in [0.3, 0.4) is 0 Å². The molecule has 10 heteroatoms. The fourth-order valence-electron chi connectivity index (χ4n) is 0. The molecular formula is C2H14O8Si2. The Bertz CT molecular complexity index is 58.0. The van der Waals surface area contributed by atoms with Crippen molar-refractivity contribution < 1.29 is 38.4 Å². The molecule has 0 unspecified atom stereocenters. The van der Waals surface area contributed by atoms with Crippen LogP contribution in [-0.2, 0) is 0 Å². The van der Waals surface area contributed by atoms with Crippen LogP contribution in [0.25, 0.3) is 0 Å². The summed E-state index contributed by atoms with van der Waals surface area (Å²) >= 11 is 0. The highest BCUT2D eigenvalue weighted by molar-refractivity contribution is 6.47. The van der Waals surface area contributed by atoms with Crippen LogP contribution in [0.1, 0.15) is 13.8 Å². The van der Waals surface area contributed by atoms with E-state index in [1.807, 2.05) is 13.8 Å². The molecule has 78 valence electrons. The standard InChI is InChI=1S/C2H6.2H4O4Si/c1-2;2*1-5(2,3)4/h1-2H3;2*1-4H. The predicted molar refractivity (Wildman–Crippen MR) is 40.6 cm³/mol. The molecule has 12 heavy (non-hydrogen) atoms. The Morgan fingerprint density at radius 3 is 0.500 bits per heavy atom. The molecule has 8 nitrogen and oxygen atoms in total. The molecule has 0 aliphatic rings. The molecule has 0 amide bonds. The van der Waals surface area contributed by atoms with Gasteiger partial charge in [0.15, 0.2) is 0 Å². The minimum absolute atomic E-state index is 2.00. The number of rotatable bonds is 0. The Kier molecular flexibility index (Phi) is 11.6. The van der Waals surface area contributed by atoms with Crippen LogP contribution in [0.15, 0.2) is 0 Å². The highest BCUT2D eigenvalue weighted by atomic mass is 28.4. The fourth-order valence-corrected chi connectivity index (χ4v) is 0. The second kappa shape index (κ2) is 7.75. The minimum atomic E-state index is -4.61. The molecule has 0 fully saturated rings. The summed E-state index contributed by atoms with van der Waals surface area (Å²) in [6.45, 7) is 4.00. The minimum Gasteiger partial charge on any atom is -0.368 e. The summed E-state index contributed by atoms with van der Waals surface area (Å²) in [6.07, 6.45) is 0. The number of hydrogen-bond acceptors (Lipinski definition) is 8. The van der Waals surface area contributed by atoms with Crippen LogP contribution in [0.5, 0.6) is 0 Å². The zero-order chi connectivity index (χ0) is 11.0. The summed E-state index contributed by atoms with van der Waals surface area (Å²) in [6, 6.07) is 0. The van der Waals surface area contributed by atoms with E-state index in [-0.39, 0.29) is 0 Å². The van der Waals surface area contributed by atoms with E-state index in [0.29, 0.717) is 0 Å². The molecule has 0 saturated carbocycles. The van der Waals surface area contributed by atoms with Gasteiger partial charge in [-0.15, -0.1) is 0 Å². The lowest BCUT2D eigenvalue weighted by atomic mass is 11.0. The van der Waals surface area contributed by atoms with Crippen molar-refractivity contribution >= 4 is 18.1 Å². The molecule has 0 atom stereocenters. The van der Waals surface area contributed by atoms with Gasteiger partial charge in [0.2, 0.25) is 0 Å². The molecule has 0 saturated heterocycles. The Morgan fingerprint density at radius 2 is 0.500 bits per heavy atom. The molecule has 0 aromatic carbocycles. The molecule has 0 aliphatic heterocycles. The molecule has 8 N–H and O–H groups in total. The van der Waals surface area contributed by atoms with Crippen molar-refractivity contribution in [1.29, 1.82) is 0 Å². The maximum Gasteiger partial charge on any atom is 0.668 e. The number of hydrogen-bond donors (Lipinski definition) is 8. The van der Waals surface area contributed by atoms with Gasteiger partial charge >= 0.3 is 18.1 Å². The van der Waals surface area contributed by atoms with E-state index in [2.05, 4.69) is 0 Å². The summed E-state index contributed by atoms with van der Waals surface area (Å²) in [5.74, 6) is 0. The predicted octanol–water partition coefficient (Wildman–Crippen LogP) is -4.19. The summed E-state index contributed by atoms with van der Waals surface area (Å²) in [4.78, 5) is 58.6. The van der Waals surface area contributed by atoms with Crippen LogP contribution < -0.4 is 0 Å².